The first-order chi connectivity index (χ1) is 15.6. The molecule has 0 bridgehead atoms. The van der Waals surface area contributed by atoms with Crippen molar-refractivity contribution in [1.29, 1.82) is 0 Å². The molecule has 5 aromatic rings. The van der Waals surface area contributed by atoms with Crippen molar-refractivity contribution < 1.29 is 0 Å². The highest BCUT2D eigenvalue weighted by atomic mass is 35.5. The average molecular weight is 444 g/mol. The van der Waals surface area contributed by atoms with Crippen LogP contribution < -0.4 is 0 Å². The number of rotatable bonds is 6. The number of hydrogen-bond donors (Lipinski definition) is 1. The molecule has 0 aliphatic rings. The van der Waals surface area contributed by atoms with Gasteiger partial charge in [0.25, 0.3) is 0 Å². The van der Waals surface area contributed by atoms with E-state index in [2.05, 4.69) is 68.3 Å². The second kappa shape index (κ2) is 8.51. The smallest absolute Gasteiger partial charge is 0.180 e. The van der Waals surface area contributed by atoms with Crippen LogP contribution in [-0.2, 0) is 13.0 Å². The Hall–Kier alpha value is -3.58. The molecule has 0 radical (unpaired) electrons. The summed E-state index contributed by atoms with van der Waals surface area (Å²) >= 11 is 6.23. The summed E-state index contributed by atoms with van der Waals surface area (Å²) in [7, 11) is 0. The van der Waals surface area contributed by atoms with E-state index in [1.54, 1.807) is 0 Å². The van der Waals surface area contributed by atoms with E-state index in [0.29, 0.717) is 10.8 Å². The van der Waals surface area contributed by atoms with Crippen LogP contribution in [0.15, 0.2) is 54.7 Å². The molecule has 7 nitrogen and oxygen atoms in total. The molecule has 3 heterocycles. The minimum Gasteiger partial charge on any atom is -0.308 e. The minimum atomic E-state index is 0.585. The molecule has 1 N–H and O–H groups in total. The first kappa shape index (κ1) is 20.3. The van der Waals surface area contributed by atoms with Gasteiger partial charge < -0.3 is 4.57 Å². The number of tetrazole rings is 1. The molecule has 2 aromatic carbocycles. The maximum Gasteiger partial charge on any atom is 0.180 e. The molecule has 8 heteroatoms. The van der Waals surface area contributed by atoms with Crippen LogP contribution in [0.5, 0.6) is 0 Å². The summed E-state index contributed by atoms with van der Waals surface area (Å²) in [6.07, 6.45) is 3.82. The molecular weight excluding hydrogens is 422 g/mol. The van der Waals surface area contributed by atoms with Crippen LogP contribution in [0.3, 0.4) is 0 Å². The number of imidazole rings is 1. The molecule has 0 fully saturated rings. The maximum atomic E-state index is 6.23. The number of aromatic nitrogens is 7. The Bertz CT molecular complexity index is 1370. The molecule has 5 rings (SSSR count). The normalized spacial score (nSPS) is 11.3. The molecule has 0 saturated heterocycles. The van der Waals surface area contributed by atoms with Gasteiger partial charge in [-0.05, 0) is 64.2 Å². The van der Waals surface area contributed by atoms with Gasteiger partial charge in [0.15, 0.2) is 11.5 Å². The van der Waals surface area contributed by atoms with E-state index in [4.69, 9.17) is 16.6 Å². The summed E-state index contributed by atoms with van der Waals surface area (Å²) in [6, 6.07) is 16.3. The molecule has 0 saturated carbocycles. The molecule has 0 atom stereocenters. The number of hydrogen-bond acceptors (Lipinski definition) is 5. The van der Waals surface area contributed by atoms with Gasteiger partial charge >= 0.3 is 0 Å². The number of pyridine rings is 1. The fourth-order valence-corrected chi connectivity index (χ4v) is 4.15. The molecule has 0 unspecified atom stereocenters. The van der Waals surface area contributed by atoms with E-state index in [0.717, 1.165) is 58.6 Å². The standard InChI is InChI=1S/C24H22ClN7/c1-3-4-21-27-22-15(2)11-12-26-24(22)32(21)14-16-5-7-17(8-6-16)19-10-9-18(25)13-20(19)23-28-30-31-29-23/h5-13H,3-4,14H2,1-2H3,(H,28,29,30,31). The lowest BCUT2D eigenvalue weighted by Crippen LogP contribution is -2.06. The molecule has 0 spiro atoms. The Morgan fingerprint density at radius 3 is 2.62 bits per heavy atom. The highest BCUT2D eigenvalue weighted by Gasteiger charge is 2.15. The second-order valence-corrected chi connectivity index (χ2v) is 8.24. The Morgan fingerprint density at radius 1 is 1.03 bits per heavy atom. The van der Waals surface area contributed by atoms with Crippen molar-refractivity contribution in [3.63, 3.8) is 0 Å². The highest BCUT2D eigenvalue weighted by Crippen LogP contribution is 2.32. The summed E-state index contributed by atoms with van der Waals surface area (Å²) in [5.74, 6) is 1.66. The summed E-state index contributed by atoms with van der Waals surface area (Å²) in [5, 5.41) is 14.9. The van der Waals surface area contributed by atoms with Gasteiger partial charge in [-0.15, -0.1) is 5.10 Å². The van der Waals surface area contributed by atoms with Gasteiger partial charge in [0, 0.05) is 23.2 Å². The third-order valence-electron chi connectivity index (χ3n) is 5.58. The lowest BCUT2D eigenvalue weighted by Gasteiger charge is -2.11. The van der Waals surface area contributed by atoms with Gasteiger partial charge in [-0.2, -0.15) is 0 Å². The number of fused-ring (bicyclic) bond motifs is 1. The van der Waals surface area contributed by atoms with Crippen molar-refractivity contribution in [2.24, 2.45) is 0 Å². The fraction of sp³-hybridized carbons (Fsp3) is 0.208. The van der Waals surface area contributed by atoms with Gasteiger partial charge in [-0.1, -0.05) is 48.9 Å². The van der Waals surface area contributed by atoms with Gasteiger partial charge in [0.05, 0.1) is 6.54 Å². The molecule has 32 heavy (non-hydrogen) atoms. The number of aryl methyl sites for hydroxylation is 2. The number of aromatic amines is 1. The number of nitrogens with zero attached hydrogens (tertiary/aromatic N) is 6. The summed E-state index contributed by atoms with van der Waals surface area (Å²) in [5.41, 5.74) is 7.20. The second-order valence-electron chi connectivity index (χ2n) is 7.80. The van der Waals surface area contributed by atoms with E-state index >= 15 is 0 Å². The van der Waals surface area contributed by atoms with Crippen LogP contribution >= 0.6 is 11.6 Å². The van der Waals surface area contributed by atoms with Crippen LogP contribution in [0, 0.1) is 6.92 Å². The lowest BCUT2D eigenvalue weighted by molar-refractivity contribution is 0.717. The van der Waals surface area contributed by atoms with Crippen molar-refractivity contribution >= 4 is 22.8 Å². The van der Waals surface area contributed by atoms with Crippen molar-refractivity contribution in [2.45, 2.75) is 33.2 Å². The zero-order valence-corrected chi connectivity index (χ0v) is 18.6. The van der Waals surface area contributed by atoms with Crippen LogP contribution in [0.4, 0.5) is 0 Å². The van der Waals surface area contributed by atoms with E-state index in [1.165, 1.54) is 5.56 Å². The highest BCUT2D eigenvalue weighted by molar-refractivity contribution is 6.31. The number of benzene rings is 2. The minimum absolute atomic E-state index is 0.585. The number of nitrogens with one attached hydrogen (secondary N) is 1. The van der Waals surface area contributed by atoms with Crippen LogP contribution in [0.2, 0.25) is 5.02 Å². The Labute approximate surface area is 190 Å². The monoisotopic (exact) mass is 443 g/mol. The van der Waals surface area contributed by atoms with Crippen LogP contribution in [-0.4, -0.2) is 35.2 Å². The summed E-state index contributed by atoms with van der Waals surface area (Å²) in [4.78, 5) is 9.50. The average Bonchev–Trinajstić information content (AvgIpc) is 3.45. The Morgan fingerprint density at radius 2 is 1.88 bits per heavy atom. The number of halogens is 1. The fourth-order valence-electron chi connectivity index (χ4n) is 3.97. The zero-order valence-electron chi connectivity index (χ0n) is 17.9. The van der Waals surface area contributed by atoms with Crippen LogP contribution in [0.25, 0.3) is 33.7 Å². The van der Waals surface area contributed by atoms with Crippen molar-refractivity contribution in [3.05, 3.63) is 76.7 Å². The quantitative estimate of drug-likeness (QED) is 0.388. The maximum absolute atomic E-state index is 6.23. The zero-order chi connectivity index (χ0) is 22.1. The molecule has 0 amide bonds. The molecule has 0 aliphatic heterocycles. The van der Waals surface area contributed by atoms with E-state index in [9.17, 15) is 0 Å². The van der Waals surface area contributed by atoms with E-state index in [1.807, 2.05) is 30.5 Å². The predicted octanol–water partition coefficient (Wildman–Crippen LogP) is 5.24. The SMILES string of the molecule is CCCc1nc2c(C)ccnc2n1Cc1ccc(-c2ccc(Cl)cc2-c2nnn[nH]2)cc1. The Kier molecular flexibility index (Phi) is 5.41. The third-order valence-corrected chi connectivity index (χ3v) is 5.81. The van der Waals surface area contributed by atoms with Crippen molar-refractivity contribution in [2.75, 3.05) is 0 Å². The topological polar surface area (TPSA) is 85.2 Å². The van der Waals surface area contributed by atoms with Gasteiger partial charge in [0.1, 0.15) is 11.3 Å². The lowest BCUT2D eigenvalue weighted by atomic mass is 9.98. The molecular formula is C24H22ClN7. The number of H-pyrrole nitrogens is 1. The summed E-state index contributed by atoms with van der Waals surface area (Å²) < 4.78 is 2.23. The first-order valence-electron chi connectivity index (χ1n) is 10.6. The first-order valence-corrected chi connectivity index (χ1v) is 11.0. The van der Waals surface area contributed by atoms with Gasteiger partial charge in [-0.3, -0.25) is 0 Å². The Balaban J connectivity index is 1.50. The predicted molar refractivity (Wildman–Crippen MR) is 125 cm³/mol. The van der Waals surface area contributed by atoms with Gasteiger partial charge in [-0.25, -0.2) is 15.1 Å². The van der Waals surface area contributed by atoms with Crippen molar-refractivity contribution in [3.8, 4) is 22.5 Å². The van der Waals surface area contributed by atoms with E-state index < -0.39 is 0 Å². The molecule has 0 aliphatic carbocycles. The third kappa shape index (κ3) is 3.76. The summed E-state index contributed by atoms with van der Waals surface area (Å²) in [6.45, 7) is 4.98. The molecule has 160 valence electrons. The van der Waals surface area contributed by atoms with Crippen LogP contribution in [0.1, 0.15) is 30.3 Å². The molecule has 3 aromatic heterocycles. The largest absolute Gasteiger partial charge is 0.308 e. The van der Waals surface area contributed by atoms with Crippen molar-refractivity contribution in [1.82, 2.24) is 35.2 Å². The van der Waals surface area contributed by atoms with E-state index in [-0.39, 0.29) is 0 Å². The van der Waals surface area contributed by atoms with Gasteiger partial charge in [0.2, 0.25) is 0 Å².